The Morgan fingerprint density at radius 1 is 0.276 bits per heavy atom. The molecule has 11 aromatic rings. The zero-order valence-electron chi connectivity index (χ0n) is 41.5. The highest BCUT2D eigenvalue weighted by Gasteiger charge is 2.45. The van der Waals surface area contributed by atoms with Crippen molar-refractivity contribution < 1.29 is 0 Å². The maximum absolute atomic E-state index is 12.1. The average molecular weight is 966 g/mol. The van der Waals surface area contributed by atoms with Crippen LogP contribution in [0, 0.1) is 11.3 Å². The summed E-state index contributed by atoms with van der Waals surface area (Å²) in [6, 6.07) is 97.2. The summed E-state index contributed by atoms with van der Waals surface area (Å²) < 4.78 is 0. The van der Waals surface area contributed by atoms with Crippen molar-refractivity contribution in [1.82, 2.24) is 0 Å². The molecule has 2 unspecified atom stereocenters. The summed E-state index contributed by atoms with van der Waals surface area (Å²) in [6.45, 7) is 0. The van der Waals surface area contributed by atoms with Crippen LogP contribution in [0.25, 0.3) is 78.9 Å². The lowest BCUT2D eigenvalue weighted by Gasteiger charge is -2.32. The summed E-state index contributed by atoms with van der Waals surface area (Å²) in [5.74, 6) is -0.106. The van der Waals surface area contributed by atoms with Crippen molar-refractivity contribution in [1.29, 1.82) is 5.26 Å². The molecule has 2 aliphatic carbocycles. The smallest absolute Gasteiger partial charge is 0.101 e. The van der Waals surface area contributed by atoms with E-state index in [1.807, 2.05) is 0 Å². The maximum Gasteiger partial charge on any atom is 0.101 e. The summed E-state index contributed by atoms with van der Waals surface area (Å²) in [7, 11) is 0. The largest absolute Gasteiger partial charge is 0.312 e. The molecule has 0 spiro atoms. The van der Waals surface area contributed by atoms with Crippen molar-refractivity contribution in [3.05, 3.63) is 311 Å². The van der Waals surface area contributed by atoms with E-state index in [4.69, 9.17) is 0 Å². The van der Waals surface area contributed by atoms with Crippen LogP contribution in [0.15, 0.2) is 272 Å². The van der Waals surface area contributed by atoms with Gasteiger partial charge in [-0.1, -0.05) is 218 Å². The van der Waals surface area contributed by atoms with Crippen molar-refractivity contribution in [2.45, 2.75) is 11.8 Å². The number of benzene rings is 11. The van der Waals surface area contributed by atoms with E-state index in [2.05, 4.69) is 289 Å². The molecular formula is C73H47N3. The lowest BCUT2D eigenvalue weighted by molar-refractivity contribution is 1.00. The molecule has 0 saturated carbocycles. The summed E-state index contributed by atoms with van der Waals surface area (Å²) in [5.41, 5.74) is 27.8. The molecule has 2 atom stereocenters. The average Bonchev–Trinajstić information content (AvgIpc) is 4.41. The van der Waals surface area contributed by atoms with E-state index in [0.717, 1.165) is 45.0 Å². The minimum atomic E-state index is -0.0529. The van der Waals surface area contributed by atoms with Gasteiger partial charge < -0.3 is 9.80 Å². The Morgan fingerprint density at radius 2 is 0.579 bits per heavy atom. The summed E-state index contributed by atoms with van der Waals surface area (Å²) in [6.07, 6.45) is 4.80. The van der Waals surface area contributed by atoms with Crippen LogP contribution < -0.4 is 9.80 Å². The number of fused-ring (bicyclic) bond motifs is 10. The molecule has 11 aromatic carbocycles. The fraction of sp³-hybridized carbons (Fsp3) is 0.0274. The van der Waals surface area contributed by atoms with E-state index < -0.39 is 0 Å². The van der Waals surface area contributed by atoms with E-state index in [0.29, 0.717) is 5.56 Å². The fourth-order valence-electron chi connectivity index (χ4n) is 12.7. The molecule has 0 saturated heterocycles. The van der Waals surface area contributed by atoms with Gasteiger partial charge in [0.15, 0.2) is 0 Å². The molecular weight excluding hydrogens is 919 g/mol. The summed E-state index contributed by atoms with van der Waals surface area (Å²) in [5, 5.41) is 12.1. The molecule has 3 heteroatoms. The van der Waals surface area contributed by atoms with Gasteiger partial charge in [0.2, 0.25) is 0 Å². The summed E-state index contributed by atoms with van der Waals surface area (Å²) >= 11 is 0. The number of allylic oxidation sites excluding steroid dienone is 2. The second kappa shape index (κ2) is 17.6. The Kier molecular flexibility index (Phi) is 10.1. The lowest BCUT2D eigenvalue weighted by atomic mass is 9.88. The quantitative estimate of drug-likeness (QED) is 0.152. The highest BCUT2D eigenvalue weighted by molar-refractivity contribution is 6.05. The van der Waals surface area contributed by atoms with Gasteiger partial charge in [0.1, 0.15) is 6.07 Å². The predicted molar refractivity (Wildman–Crippen MR) is 313 cm³/mol. The van der Waals surface area contributed by atoms with E-state index in [-0.39, 0.29) is 11.8 Å². The minimum Gasteiger partial charge on any atom is -0.312 e. The fourth-order valence-corrected chi connectivity index (χ4v) is 12.7. The van der Waals surface area contributed by atoms with Crippen LogP contribution in [0.4, 0.5) is 22.7 Å². The van der Waals surface area contributed by atoms with E-state index in [1.54, 1.807) is 0 Å². The first kappa shape index (κ1) is 43.6. The molecule has 2 heterocycles. The minimum absolute atomic E-state index is 0.0529. The highest BCUT2D eigenvalue weighted by atomic mass is 15.2. The Morgan fingerprint density at radius 3 is 0.908 bits per heavy atom. The third-order valence-corrected chi connectivity index (χ3v) is 16.1. The van der Waals surface area contributed by atoms with Crippen molar-refractivity contribution in [2.24, 2.45) is 0 Å². The Balaban J connectivity index is 1.01. The molecule has 4 aliphatic rings. The number of nitrogens with zero attached hydrogens (tertiary/aromatic N) is 3. The second-order valence-corrected chi connectivity index (χ2v) is 20.3. The van der Waals surface area contributed by atoms with Gasteiger partial charge in [0.25, 0.3) is 0 Å². The number of anilines is 4. The van der Waals surface area contributed by atoms with Crippen molar-refractivity contribution in [3.63, 3.8) is 0 Å². The van der Waals surface area contributed by atoms with Gasteiger partial charge in [-0.05, 0) is 144 Å². The lowest BCUT2D eigenvalue weighted by Crippen LogP contribution is -2.18. The number of hydrogen-bond acceptors (Lipinski definition) is 3. The van der Waals surface area contributed by atoms with Crippen LogP contribution in [-0.4, -0.2) is 0 Å². The third kappa shape index (κ3) is 6.89. The van der Waals surface area contributed by atoms with Crippen molar-refractivity contribution in [3.8, 4) is 72.8 Å². The third-order valence-electron chi connectivity index (χ3n) is 16.1. The first-order valence-electron chi connectivity index (χ1n) is 26.2. The van der Waals surface area contributed by atoms with Crippen molar-refractivity contribution >= 4 is 34.9 Å². The Bertz CT molecular complexity index is 3950. The molecule has 0 aromatic heterocycles. The molecule has 0 fully saturated rings. The van der Waals surface area contributed by atoms with Gasteiger partial charge in [-0.25, -0.2) is 0 Å². The van der Waals surface area contributed by atoms with Crippen LogP contribution >= 0.6 is 0 Å². The standard InChI is InChI=1S/C73H47N3/c74-46-63-70(51-27-15-5-16-28-51)68(75-64-37-35-55(49-23-11-3-12-24-49)41-61(64)72-59-39-53(47-19-7-1-8-20-47)31-33-57(59)43-66(72)75)45-69(71(63)52-29-17-6-18-30-52)76-65-38-36-56(50-25-13-4-14-26-50)42-62(65)73-60-40-54(48-21-9-2-10-22-48)32-34-58(60)44-67(73)76/h1-45,72-73H. The van der Waals surface area contributed by atoms with Crippen LogP contribution in [0.3, 0.4) is 0 Å². The van der Waals surface area contributed by atoms with Gasteiger partial charge in [-0.3, -0.25) is 0 Å². The summed E-state index contributed by atoms with van der Waals surface area (Å²) in [4.78, 5) is 4.99. The highest BCUT2D eigenvalue weighted by Crippen LogP contribution is 2.62. The van der Waals surface area contributed by atoms with Gasteiger partial charge in [-0.15, -0.1) is 0 Å². The first-order chi connectivity index (χ1) is 37.7. The molecule has 0 N–H and O–H groups in total. The predicted octanol–water partition coefficient (Wildman–Crippen LogP) is 18.8. The monoisotopic (exact) mass is 965 g/mol. The normalized spacial score (nSPS) is 15.2. The van der Waals surface area contributed by atoms with Crippen LogP contribution in [0.1, 0.15) is 50.8 Å². The van der Waals surface area contributed by atoms with Gasteiger partial charge >= 0.3 is 0 Å². The molecule has 15 rings (SSSR count). The zero-order chi connectivity index (χ0) is 50.3. The Labute approximate surface area is 443 Å². The van der Waals surface area contributed by atoms with Gasteiger partial charge in [0.05, 0.1) is 40.1 Å². The number of hydrogen-bond donors (Lipinski definition) is 0. The zero-order valence-corrected chi connectivity index (χ0v) is 41.5. The number of rotatable bonds is 8. The molecule has 2 aliphatic heterocycles. The molecule has 354 valence electrons. The van der Waals surface area contributed by atoms with Gasteiger partial charge in [0, 0.05) is 22.5 Å². The molecule has 0 amide bonds. The van der Waals surface area contributed by atoms with E-state index in [9.17, 15) is 5.26 Å². The topological polar surface area (TPSA) is 30.3 Å². The SMILES string of the molecule is N#Cc1c(-c2ccccc2)c(N2C3=Cc4ccc(-c5ccccc5)cc4C3c3cc(-c4ccccc4)ccc32)cc(N2C3=Cc4ccc(-c5ccccc5)cc4C3c3cc(-c4ccccc4)ccc32)c1-c1ccccc1. The van der Waals surface area contributed by atoms with Crippen LogP contribution in [-0.2, 0) is 0 Å². The second-order valence-electron chi connectivity index (χ2n) is 20.3. The first-order valence-corrected chi connectivity index (χ1v) is 26.2. The molecule has 0 radical (unpaired) electrons. The van der Waals surface area contributed by atoms with Crippen molar-refractivity contribution in [2.75, 3.05) is 9.80 Å². The number of nitriles is 1. The molecule has 76 heavy (non-hydrogen) atoms. The van der Waals surface area contributed by atoms with E-state index >= 15 is 0 Å². The van der Waals surface area contributed by atoms with Crippen LogP contribution in [0.2, 0.25) is 0 Å². The van der Waals surface area contributed by atoms with Gasteiger partial charge in [-0.2, -0.15) is 5.26 Å². The van der Waals surface area contributed by atoms with E-state index in [1.165, 1.54) is 89.3 Å². The molecule has 0 bridgehead atoms. The molecule has 3 nitrogen and oxygen atoms in total. The maximum atomic E-state index is 12.1. The Hall–Kier alpha value is -10.0. The van der Waals surface area contributed by atoms with Crippen LogP contribution in [0.5, 0.6) is 0 Å².